The molecule has 5 rings (SSSR count). The second kappa shape index (κ2) is 15.3. The first-order valence-electron chi connectivity index (χ1n) is 16.9. The zero-order valence-electron chi connectivity index (χ0n) is 29.4. The number of benzene rings is 3. The van der Waals surface area contributed by atoms with Crippen molar-refractivity contribution in [2.24, 2.45) is 16.7 Å². The van der Waals surface area contributed by atoms with Crippen LogP contribution in [0.3, 0.4) is 0 Å². The number of carbonyl (C=O) groups is 1. The van der Waals surface area contributed by atoms with E-state index in [-0.39, 0.29) is 42.5 Å². The summed E-state index contributed by atoms with van der Waals surface area (Å²) in [7, 11) is 0. The molecule has 1 aliphatic rings. The minimum atomic E-state index is -0.337. The maximum atomic E-state index is 12.2. The van der Waals surface area contributed by atoms with Gasteiger partial charge in [-0.25, -0.2) is 0 Å². The van der Waals surface area contributed by atoms with Crippen molar-refractivity contribution in [3.8, 4) is 22.8 Å². The second-order valence-electron chi connectivity index (χ2n) is 13.9. The minimum Gasteiger partial charge on any atom is -0.512 e. The molecular formula is C41H52IrNO3-. The quantitative estimate of drug-likeness (QED) is 0.0868. The molecular weight excluding hydrogens is 747 g/mol. The van der Waals surface area contributed by atoms with Gasteiger partial charge >= 0.3 is 0 Å². The average Bonchev–Trinajstić information content (AvgIpc) is 3.04. The zero-order chi connectivity index (χ0) is 33.1. The van der Waals surface area contributed by atoms with Crippen molar-refractivity contribution in [1.82, 2.24) is 4.98 Å². The molecule has 0 bridgehead atoms. The normalized spacial score (nSPS) is 12.8. The smallest absolute Gasteiger partial charge is 0.164 e. The van der Waals surface area contributed by atoms with Gasteiger partial charge in [0.25, 0.3) is 0 Å². The number of allylic oxidation sites excluding steroid dienone is 2. The summed E-state index contributed by atoms with van der Waals surface area (Å²) in [5, 5.41) is 14.8. The topological polar surface area (TPSA) is 59.4 Å². The summed E-state index contributed by atoms with van der Waals surface area (Å²) in [5.41, 5.74) is 3.93. The molecule has 3 aromatic carbocycles. The molecule has 0 fully saturated rings. The average molecular weight is 799 g/mol. The van der Waals surface area contributed by atoms with E-state index >= 15 is 0 Å². The Balaban J connectivity index is 0.000000280. The molecule has 0 atom stereocenters. The largest absolute Gasteiger partial charge is 0.512 e. The Bertz CT molecular complexity index is 1710. The Morgan fingerprint density at radius 2 is 1.59 bits per heavy atom. The summed E-state index contributed by atoms with van der Waals surface area (Å²) >= 11 is 0. The van der Waals surface area contributed by atoms with Crippen molar-refractivity contribution in [2.75, 3.05) is 0 Å². The van der Waals surface area contributed by atoms with Gasteiger partial charge in [-0.15, -0.1) is 17.5 Å². The van der Waals surface area contributed by atoms with Gasteiger partial charge in [0.1, 0.15) is 11.5 Å². The fraction of sp³-hybridized carbons (Fsp3) is 0.463. The third kappa shape index (κ3) is 7.42. The van der Waals surface area contributed by atoms with Crippen LogP contribution in [0.25, 0.3) is 32.8 Å². The minimum absolute atomic E-state index is 0. The third-order valence-electron chi connectivity index (χ3n) is 10.2. The Labute approximate surface area is 290 Å². The molecule has 0 amide bonds. The number of ketones is 1. The van der Waals surface area contributed by atoms with Crippen LogP contribution in [0.15, 0.2) is 60.5 Å². The van der Waals surface area contributed by atoms with Gasteiger partial charge in [0.05, 0.1) is 5.75 Å². The molecule has 46 heavy (non-hydrogen) atoms. The number of carbonyl (C=O) groups excluding carboxylic acids is 1. The summed E-state index contributed by atoms with van der Waals surface area (Å²) in [5.74, 6) is 3.12. The molecule has 2 heterocycles. The maximum Gasteiger partial charge on any atom is 0.164 e. The van der Waals surface area contributed by atoms with Crippen LogP contribution in [0.2, 0.25) is 0 Å². The predicted molar refractivity (Wildman–Crippen MR) is 189 cm³/mol. The molecule has 0 saturated heterocycles. The Morgan fingerprint density at radius 3 is 2.17 bits per heavy atom. The summed E-state index contributed by atoms with van der Waals surface area (Å²) in [6, 6.07) is 18.6. The fourth-order valence-electron chi connectivity index (χ4n) is 5.91. The van der Waals surface area contributed by atoms with Gasteiger partial charge in [0.2, 0.25) is 0 Å². The molecule has 0 aliphatic carbocycles. The molecule has 1 N–H and O–H groups in total. The van der Waals surface area contributed by atoms with Crippen molar-refractivity contribution < 1.29 is 34.7 Å². The van der Waals surface area contributed by atoms with Crippen LogP contribution in [0.5, 0.6) is 11.5 Å². The Morgan fingerprint density at radius 1 is 0.957 bits per heavy atom. The number of rotatable bonds is 10. The monoisotopic (exact) mass is 799 g/mol. The van der Waals surface area contributed by atoms with Crippen LogP contribution >= 0.6 is 0 Å². The van der Waals surface area contributed by atoms with Gasteiger partial charge in [-0.2, -0.15) is 0 Å². The molecule has 4 aromatic rings. The number of pyridine rings is 1. The number of hydrogen-bond donors (Lipinski definition) is 1. The van der Waals surface area contributed by atoms with Crippen molar-refractivity contribution in [1.29, 1.82) is 0 Å². The maximum absolute atomic E-state index is 12.2. The van der Waals surface area contributed by atoms with Gasteiger partial charge in [0, 0.05) is 54.3 Å². The third-order valence-corrected chi connectivity index (χ3v) is 10.2. The number of ether oxygens (including phenoxy) is 1. The van der Waals surface area contributed by atoms with E-state index in [1.807, 2.05) is 47.7 Å². The van der Waals surface area contributed by atoms with E-state index < -0.39 is 0 Å². The molecule has 1 aromatic heterocycles. The summed E-state index contributed by atoms with van der Waals surface area (Å²) < 4.78 is 6.61. The van der Waals surface area contributed by atoms with Gasteiger partial charge in [0.15, 0.2) is 5.78 Å². The number of hydrogen-bond acceptors (Lipinski definition) is 4. The Kier molecular flexibility index (Phi) is 12.4. The van der Waals surface area contributed by atoms with Gasteiger partial charge in [-0.3, -0.25) is 9.78 Å². The first-order chi connectivity index (χ1) is 21.3. The van der Waals surface area contributed by atoms with E-state index in [1.165, 1.54) is 28.0 Å². The Hall–Kier alpha value is -3.01. The van der Waals surface area contributed by atoms with Crippen molar-refractivity contribution in [3.63, 3.8) is 0 Å². The van der Waals surface area contributed by atoms with Crippen LogP contribution < -0.4 is 4.74 Å². The summed E-state index contributed by atoms with van der Waals surface area (Å²) in [6.07, 6.45) is 7.63. The number of aromatic nitrogens is 1. The van der Waals surface area contributed by atoms with E-state index in [0.717, 1.165) is 65.6 Å². The van der Waals surface area contributed by atoms with Crippen molar-refractivity contribution in [2.45, 2.75) is 107 Å². The summed E-state index contributed by atoms with van der Waals surface area (Å²) in [6.45, 7) is 21.0. The van der Waals surface area contributed by atoms with E-state index in [0.29, 0.717) is 11.8 Å². The SMILES string of the molecule is CC(C)Cc1c2c([c-]c3ccccc13)-c1nccc3cc(C(C)C)cc(c13)O2.CCC(C)(CC)C(=O)/C=C(\O)C(C)(CC)CC.[Ir]. The molecule has 1 radical (unpaired) electrons. The molecule has 249 valence electrons. The van der Waals surface area contributed by atoms with E-state index in [1.54, 1.807) is 0 Å². The summed E-state index contributed by atoms with van der Waals surface area (Å²) in [4.78, 5) is 16.9. The number of nitrogens with zero attached hydrogens (tertiary/aromatic N) is 1. The van der Waals surface area contributed by atoms with Crippen molar-refractivity contribution in [3.05, 3.63) is 77.7 Å². The zero-order valence-corrected chi connectivity index (χ0v) is 31.8. The first-order valence-corrected chi connectivity index (χ1v) is 16.9. The fourth-order valence-corrected chi connectivity index (χ4v) is 5.91. The van der Waals surface area contributed by atoms with Gasteiger partial charge < -0.3 is 9.84 Å². The second-order valence-corrected chi connectivity index (χ2v) is 13.9. The van der Waals surface area contributed by atoms with E-state index in [2.05, 4.69) is 76.2 Å². The number of fused-ring (bicyclic) bond motifs is 3. The number of aliphatic hydroxyl groups excluding tert-OH is 1. The van der Waals surface area contributed by atoms with E-state index in [9.17, 15) is 9.90 Å². The molecule has 1 aliphatic heterocycles. The standard InChI is InChI=1S/C26H24NO.C15H28O2.Ir/c1-15(2)11-21-20-8-6-5-7-17(20)13-22-25-24-18(9-10-27-25)12-19(16(3)4)14-23(24)28-26(21)22;1-7-14(5,8-2)12(16)11-13(17)15(6,9-3)10-4;/h5-10,12,14-16H,11H2,1-4H3;11,16H,7-10H2,1-6H3;/q-1;;/b;12-11-;. The van der Waals surface area contributed by atoms with Crippen LogP contribution in [0.4, 0.5) is 0 Å². The van der Waals surface area contributed by atoms with Gasteiger partial charge in [-0.1, -0.05) is 110 Å². The van der Waals surface area contributed by atoms with Crippen LogP contribution in [-0.2, 0) is 31.3 Å². The van der Waals surface area contributed by atoms with Crippen molar-refractivity contribution >= 4 is 27.3 Å². The number of aliphatic hydroxyl groups is 1. The molecule has 5 heteroatoms. The van der Waals surface area contributed by atoms with Crippen LogP contribution in [-0.4, -0.2) is 15.9 Å². The molecule has 0 saturated carbocycles. The predicted octanol–water partition coefficient (Wildman–Crippen LogP) is 11.9. The van der Waals surface area contributed by atoms with Crippen LogP contribution in [0.1, 0.15) is 112 Å². The molecule has 0 unspecified atom stereocenters. The first kappa shape index (κ1) is 37.4. The molecule has 4 nitrogen and oxygen atoms in total. The molecule has 0 spiro atoms. The van der Waals surface area contributed by atoms with E-state index in [4.69, 9.17) is 9.72 Å². The van der Waals surface area contributed by atoms with Gasteiger partial charge in [-0.05, 0) is 67.0 Å². The van der Waals surface area contributed by atoms with Crippen LogP contribution in [0, 0.1) is 22.8 Å².